The molecule has 168 valence electrons. The summed E-state index contributed by atoms with van der Waals surface area (Å²) in [5.74, 6) is 1.41. The molecule has 8 heteroatoms. The van der Waals surface area contributed by atoms with E-state index >= 15 is 0 Å². The highest BCUT2D eigenvalue weighted by Gasteiger charge is 2.21. The van der Waals surface area contributed by atoms with Gasteiger partial charge in [-0.25, -0.2) is 0 Å². The zero-order valence-corrected chi connectivity index (χ0v) is 18.1. The number of piperazine rings is 1. The molecule has 1 aliphatic rings. The molecule has 1 saturated heterocycles. The van der Waals surface area contributed by atoms with Gasteiger partial charge in [0, 0.05) is 49.4 Å². The topological polar surface area (TPSA) is 98.5 Å². The van der Waals surface area contributed by atoms with E-state index in [-0.39, 0.29) is 11.7 Å². The molecule has 2 N–H and O–H groups in total. The summed E-state index contributed by atoms with van der Waals surface area (Å²) in [4.78, 5) is 24.4. The second-order valence-corrected chi connectivity index (χ2v) is 8.17. The highest BCUT2D eigenvalue weighted by atomic mass is 16.5. The fourth-order valence-electron chi connectivity index (χ4n) is 4.09. The van der Waals surface area contributed by atoms with Crippen LogP contribution in [0, 0.1) is 0 Å². The molecule has 2 aromatic heterocycles. The van der Waals surface area contributed by atoms with E-state index in [1.165, 1.54) is 0 Å². The third-order valence-electron chi connectivity index (χ3n) is 5.86. The molecule has 1 fully saturated rings. The van der Waals surface area contributed by atoms with Crippen LogP contribution in [-0.2, 0) is 17.8 Å². The molecule has 4 aromatic rings. The molecular weight excluding hydrogens is 418 g/mol. The number of fused-ring (bicyclic) bond motifs is 1. The maximum atomic E-state index is 12.5. The Balaban J connectivity index is 1.13. The van der Waals surface area contributed by atoms with Crippen molar-refractivity contribution in [3.05, 3.63) is 83.6 Å². The maximum Gasteiger partial charge on any atom is 0.246 e. The normalized spacial score (nSPS) is 15.0. The van der Waals surface area contributed by atoms with Gasteiger partial charge in [-0.3, -0.25) is 9.69 Å². The number of rotatable bonds is 6. The van der Waals surface area contributed by atoms with Crippen molar-refractivity contribution >= 4 is 22.9 Å². The van der Waals surface area contributed by atoms with Gasteiger partial charge in [0.15, 0.2) is 5.82 Å². The number of aromatic nitrogens is 3. The molecule has 2 aromatic carbocycles. The number of H-pyrrole nitrogens is 1. The van der Waals surface area contributed by atoms with Crippen molar-refractivity contribution in [1.82, 2.24) is 24.9 Å². The first-order chi connectivity index (χ1) is 16.1. The summed E-state index contributed by atoms with van der Waals surface area (Å²) in [7, 11) is 0. The van der Waals surface area contributed by atoms with E-state index in [1.54, 1.807) is 30.4 Å². The fourth-order valence-corrected chi connectivity index (χ4v) is 4.09. The lowest BCUT2D eigenvalue weighted by molar-refractivity contribution is -0.127. The predicted molar refractivity (Wildman–Crippen MR) is 124 cm³/mol. The molecule has 0 unspecified atom stereocenters. The summed E-state index contributed by atoms with van der Waals surface area (Å²) in [5, 5.41) is 14.8. The Bertz CT molecular complexity index is 1280. The van der Waals surface area contributed by atoms with Crippen LogP contribution >= 0.6 is 0 Å². The van der Waals surface area contributed by atoms with Crippen molar-refractivity contribution in [3.8, 4) is 5.75 Å². The molecule has 0 atom stereocenters. The number of carbonyl (C=O) groups excluding carboxylic acids is 1. The average Bonchev–Trinajstić information content (AvgIpc) is 3.45. The van der Waals surface area contributed by atoms with Crippen molar-refractivity contribution < 1.29 is 14.4 Å². The second kappa shape index (κ2) is 9.30. The van der Waals surface area contributed by atoms with Crippen molar-refractivity contribution in [2.75, 3.05) is 26.2 Å². The number of aromatic amines is 1. The summed E-state index contributed by atoms with van der Waals surface area (Å²) < 4.78 is 5.48. The van der Waals surface area contributed by atoms with E-state index in [9.17, 15) is 9.90 Å². The largest absolute Gasteiger partial charge is 0.508 e. The number of nitrogens with zero attached hydrogens (tertiary/aromatic N) is 4. The van der Waals surface area contributed by atoms with Gasteiger partial charge in [-0.2, -0.15) is 4.98 Å². The molecule has 1 amide bonds. The first kappa shape index (κ1) is 21.0. The van der Waals surface area contributed by atoms with Gasteiger partial charge in [0.05, 0.1) is 13.0 Å². The number of phenolic OH excluding ortho intramolecular Hbond substituents is 1. The Morgan fingerprint density at radius 3 is 2.82 bits per heavy atom. The summed E-state index contributed by atoms with van der Waals surface area (Å²) >= 11 is 0. The quantitative estimate of drug-likeness (QED) is 0.444. The number of nitrogens with one attached hydrogen (secondary N) is 1. The van der Waals surface area contributed by atoms with Gasteiger partial charge in [0.25, 0.3) is 0 Å². The molecule has 0 saturated carbocycles. The van der Waals surface area contributed by atoms with Gasteiger partial charge in [0.1, 0.15) is 5.75 Å². The first-order valence-electron chi connectivity index (χ1n) is 11.0. The maximum absolute atomic E-state index is 12.5. The third kappa shape index (κ3) is 4.96. The monoisotopic (exact) mass is 443 g/mol. The molecule has 0 aliphatic carbocycles. The van der Waals surface area contributed by atoms with Crippen molar-refractivity contribution in [3.63, 3.8) is 0 Å². The Hall–Kier alpha value is -3.91. The van der Waals surface area contributed by atoms with Crippen LogP contribution in [0.25, 0.3) is 17.0 Å². The highest BCUT2D eigenvalue weighted by molar-refractivity contribution is 5.91. The van der Waals surface area contributed by atoms with Crippen LogP contribution in [0.1, 0.15) is 22.8 Å². The number of aromatic hydroxyl groups is 1. The molecule has 0 spiro atoms. The average molecular weight is 444 g/mol. The van der Waals surface area contributed by atoms with Crippen molar-refractivity contribution in [2.24, 2.45) is 0 Å². The van der Waals surface area contributed by atoms with Gasteiger partial charge in [-0.15, -0.1) is 0 Å². The van der Waals surface area contributed by atoms with Crippen molar-refractivity contribution in [2.45, 2.75) is 13.0 Å². The van der Waals surface area contributed by atoms with Crippen LogP contribution < -0.4 is 0 Å². The fraction of sp³-hybridized carbons (Fsp3) is 0.240. The third-order valence-corrected chi connectivity index (χ3v) is 5.86. The van der Waals surface area contributed by atoms with E-state index in [1.807, 2.05) is 35.4 Å². The van der Waals surface area contributed by atoms with E-state index in [4.69, 9.17) is 4.52 Å². The van der Waals surface area contributed by atoms with E-state index in [0.717, 1.165) is 35.1 Å². The number of phenols is 1. The molecule has 33 heavy (non-hydrogen) atoms. The number of carbonyl (C=O) groups is 1. The van der Waals surface area contributed by atoms with E-state index in [2.05, 4.69) is 26.1 Å². The van der Waals surface area contributed by atoms with Crippen molar-refractivity contribution in [1.29, 1.82) is 0 Å². The minimum absolute atomic E-state index is 0.0291. The minimum Gasteiger partial charge on any atom is -0.508 e. The Kier molecular flexibility index (Phi) is 5.91. The van der Waals surface area contributed by atoms with Crippen LogP contribution in [0.2, 0.25) is 0 Å². The minimum atomic E-state index is -0.0291. The lowest BCUT2D eigenvalue weighted by Crippen LogP contribution is -2.47. The molecule has 1 aliphatic heterocycles. The lowest BCUT2D eigenvalue weighted by Gasteiger charge is -2.33. The molecule has 5 rings (SSSR count). The summed E-state index contributed by atoms with van der Waals surface area (Å²) in [6.07, 6.45) is 5.86. The van der Waals surface area contributed by atoms with Gasteiger partial charge in [-0.1, -0.05) is 35.5 Å². The Morgan fingerprint density at radius 1 is 1.12 bits per heavy atom. The van der Waals surface area contributed by atoms with Crippen LogP contribution in [0.15, 0.2) is 65.3 Å². The number of hydrogen-bond acceptors (Lipinski definition) is 6. The van der Waals surface area contributed by atoms with Gasteiger partial charge < -0.3 is 19.5 Å². The Labute approximate surface area is 191 Å². The summed E-state index contributed by atoms with van der Waals surface area (Å²) in [5.41, 5.74) is 3.02. The van der Waals surface area contributed by atoms with Gasteiger partial charge in [0.2, 0.25) is 11.8 Å². The predicted octanol–water partition coefficient (Wildman–Crippen LogP) is 3.20. The number of benzene rings is 2. The van der Waals surface area contributed by atoms with Crippen LogP contribution in [0.5, 0.6) is 5.75 Å². The Morgan fingerprint density at radius 2 is 1.97 bits per heavy atom. The number of hydrogen-bond donors (Lipinski definition) is 2. The van der Waals surface area contributed by atoms with Gasteiger partial charge >= 0.3 is 0 Å². The molecule has 0 bridgehead atoms. The molecule has 8 nitrogen and oxygen atoms in total. The van der Waals surface area contributed by atoms with E-state index in [0.29, 0.717) is 37.8 Å². The lowest BCUT2D eigenvalue weighted by atomic mass is 10.1. The summed E-state index contributed by atoms with van der Waals surface area (Å²) in [6.45, 7) is 3.38. The summed E-state index contributed by atoms with van der Waals surface area (Å²) in [6, 6.07) is 15.0. The molecular formula is C25H25N5O3. The van der Waals surface area contributed by atoms with E-state index < -0.39 is 0 Å². The molecule has 0 radical (unpaired) electrons. The van der Waals surface area contributed by atoms with Gasteiger partial charge in [-0.05, 0) is 35.4 Å². The zero-order chi connectivity index (χ0) is 22.6. The highest BCUT2D eigenvalue weighted by Crippen LogP contribution is 2.20. The smallest absolute Gasteiger partial charge is 0.246 e. The van der Waals surface area contributed by atoms with Crippen LogP contribution in [-0.4, -0.2) is 62.1 Å². The number of amides is 1. The van der Waals surface area contributed by atoms with Crippen LogP contribution in [0.3, 0.4) is 0 Å². The standard InChI is InChI=1S/C25H25N5O3/c31-20-5-3-4-18(14-20)8-9-25(32)30-12-10-29(11-13-30)17-23-27-24(33-28-23)15-19-16-26-22-7-2-1-6-21(19)22/h1-9,14,16,26,31H,10-13,15,17H2/b9-8+. The number of para-hydroxylation sites is 1. The second-order valence-electron chi connectivity index (χ2n) is 8.17. The first-order valence-corrected chi connectivity index (χ1v) is 11.0. The van der Waals surface area contributed by atoms with Crippen LogP contribution in [0.4, 0.5) is 0 Å². The SMILES string of the molecule is O=C(/C=C/c1cccc(O)c1)N1CCN(Cc2noc(Cc3c[nH]c4ccccc34)n2)CC1. The zero-order valence-electron chi connectivity index (χ0n) is 18.1. The molecule has 3 heterocycles.